The smallest absolute Gasteiger partial charge is 0.292 e. The van der Waals surface area contributed by atoms with Gasteiger partial charge in [0.1, 0.15) is 10.7 Å². The number of nitrogens with zero attached hydrogens (tertiary/aromatic N) is 2. The van der Waals surface area contributed by atoms with Gasteiger partial charge in [0, 0.05) is 17.6 Å². The fourth-order valence-electron chi connectivity index (χ4n) is 1.67. The number of sulfonamides is 1. The molecular weight excluding hydrogens is 316 g/mol. The fraction of sp³-hybridized carbons (Fsp3) is 0.182. The van der Waals surface area contributed by atoms with Crippen molar-refractivity contribution in [2.24, 2.45) is 0 Å². The van der Waals surface area contributed by atoms with Gasteiger partial charge in [0.25, 0.3) is 5.69 Å². The topological polar surface area (TPSA) is 128 Å². The van der Waals surface area contributed by atoms with Crippen molar-refractivity contribution in [3.8, 4) is 0 Å². The summed E-state index contributed by atoms with van der Waals surface area (Å²) in [5.41, 5.74) is 4.96. The lowest BCUT2D eigenvalue weighted by atomic mass is 10.3. The van der Waals surface area contributed by atoms with Crippen LogP contribution in [0, 0.1) is 10.1 Å². The molecule has 0 saturated heterocycles. The van der Waals surface area contributed by atoms with Crippen LogP contribution in [0.4, 0.5) is 11.4 Å². The second-order valence-electron chi connectivity index (χ2n) is 4.19. The number of nitrogen functional groups attached to an aromatic ring is 1. The first-order valence-corrected chi connectivity index (χ1v) is 8.13. The molecule has 0 fully saturated rings. The molecule has 112 valence electrons. The molecule has 0 aliphatic carbocycles. The summed E-state index contributed by atoms with van der Waals surface area (Å²) in [7, 11) is -3.84. The molecule has 2 aromatic rings. The van der Waals surface area contributed by atoms with Gasteiger partial charge in [0.2, 0.25) is 10.0 Å². The van der Waals surface area contributed by atoms with Gasteiger partial charge in [0.05, 0.1) is 15.9 Å². The van der Waals surface area contributed by atoms with Gasteiger partial charge < -0.3 is 5.73 Å². The Morgan fingerprint density at radius 3 is 2.71 bits per heavy atom. The Morgan fingerprint density at radius 2 is 2.19 bits per heavy atom. The summed E-state index contributed by atoms with van der Waals surface area (Å²) in [5.74, 6) is 0. The summed E-state index contributed by atoms with van der Waals surface area (Å²) < 4.78 is 26.9. The summed E-state index contributed by atoms with van der Waals surface area (Å²) in [4.78, 5) is 13.9. The number of thiazole rings is 1. The maximum absolute atomic E-state index is 12.2. The fourth-order valence-corrected chi connectivity index (χ4v) is 3.63. The van der Waals surface area contributed by atoms with Crippen LogP contribution in [0.1, 0.15) is 18.0 Å². The molecule has 0 aliphatic rings. The molecule has 0 saturated carbocycles. The van der Waals surface area contributed by atoms with E-state index in [1.165, 1.54) is 11.3 Å². The predicted molar refractivity (Wildman–Crippen MR) is 78.4 cm³/mol. The first-order chi connectivity index (χ1) is 9.81. The van der Waals surface area contributed by atoms with Crippen LogP contribution < -0.4 is 10.5 Å². The van der Waals surface area contributed by atoms with E-state index in [0.29, 0.717) is 5.01 Å². The lowest BCUT2D eigenvalue weighted by Gasteiger charge is -2.12. The molecular formula is C11H12N4O4S2. The number of hydrogen-bond acceptors (Lipinski definition) is 7. The number of anilines is 1. The van der Waals surface area contributed by atoms with Crippen LogP contribution >= 0.6 is 11.3 Å². The van der Waals surface area contributed by atoms with Gasteiger partial charge in [0.15, 0.2) is 0 Å². The molecule has 1 heterocycles. The molecule has 21 heavy (non-hydrogen) atoms. The van der Waals surface area contributed by atoms with Gasteiger partial charge in [-0.05, 0) is 19.1 Å². The average Bonchev–Trinajstić information content (AvgIpc) is 2.91. The zero-order valence-electron chi connectivity index (χ0n) is 10.9. The number of nitrogens with two attached hydrogens (primary N) is 1. The zero-order valence-corrected chi connectivity index (χ0v) is 12.5. The monoisotopic (exact) mass is 328 g/mol. The molecule has 1 atom stereocenters. The minimum atomic E-state index is -3.84. The predicted octanol–water partition coefficient (Wildman–Crippen LogP) is 1.67. The van der Waals surface area contributed by atoms with Crippen molar-refractivity contribution in [2.75, 3.05) is 5.73 Å². The SMILES string of the molecule is CC(NS(=O)(=O)c1ccc([N+](=O)[O-])c(N)c1)c1nccs1. The van der Waals surface area contributed by atoms with Crippen molar-refractivity contribution in [1.29, 1.82) is 0 Å². The van der Waals surface area contributed by atoms with Crippen LogP contribution in [-0.2, 0) is 10.0 Å². The Balaban J connectivity index is 2.28. The summed E-state index contributed by atoms with van der Waals surface area (Å²) in [6.07, 6.45) is 1.58. The van der Waals surface area contributed by atoms with E-state index in [1.54, 1.807) is 18.5 Å². The number of aromatic nitrogens is 1. The number of benzene rings is 1. The maximum Gasteiger partial charge on any atom is 0.292 e. The first kappa shape index (κ1) is 15.4. The number of nitro benzene ring substituents is 1. The van der Waals surface area contributed by atoms with Crippen molar-refractivity contribution in [3.05, 3.63) is 44.9 Å². The van der Waals surface area contributed by atoms with Gasteiger partial charge in [-0.2, -0.15) is 0 Å². The van der Waals surface area contributed by atoms with Crippen molar-refractivity contribution in [1.82, 2.24) is 9.71 Å². The van der Waals surface area contributed by atoms with E-state index >= 15 is 0 Å². The third-order valence-electron chi connectivity index (χ3n) is 2.66. The van der Waals surface area contributed by atoms with Crippen molar-refractivity contribution < 1.29 is 13.3 Å². The van der Waals surface area contributed by atoms with Gasteiger partial charge in [-0.3, -0.25) is 10.1 Å². The normalized spacial score (nSPS) is 13.0. The van der Waals surface area contributed by atoms with Crippen LogP contribution in [-0.4, -0.2) is 18.3 Å². The quantitative estimate of drug-likeness (QED) is 0.488. The van der Waals surface area contributed by atoms with E-state index < -0.39 is 21.0 Å². The third kappa shape index (κ3) is 3.35. The highest BCUT2D eigenvalue weighted by Crippen LogP contribution is 2.25. The molecule has 1 aromatic carbocycles. The Morgan fingerprint density at radius 1 is 1.48 bits per heavy atom. The molecule has 0 amide bonds. The standard InChI is InChI=1S/C11H12N4O4S2/c1-7(11-13-4-5-20-11)14-21(18,19)8-2-3-10(15(16)17)9(12)6-8/h2-7,14H,12H2,1H3. The molecule has 1 unspecified atom stereocenters. The van der Waals surface area contributed by atoms with Crippen molar-refractivity contribution in [2.45, 2.75) is 17.9 Å². The molecule has 1 aromatic heterocycles. The zero-order chi connectivity index (χ0) is 15.6. The molecule has 3 N–H and O–H groups in total. The molecule has 10 heteroatoms. The number of nitro groups is 1. The van der Waals surface area contributed by atoms with E-state index in [9.17, 15) is 18.5 Å². The van der Waals surface area contributed by atoms with E-state index in [0.717, 1.165) is 18.2 Å². The second kappa shape index (κ2) is 5.76. The van der Waals surface area contributed by atoms with Gasteiger partial charge in [-0.25, -0.2) is 18.1 Å². The van der Waals surface area contributed by atoms with Crippen molar-refractivity contribution >= 4 is 32.7 Å². The average molecular weight is 328 g/mol. The molecule has 0 spiro atoms. The Kier molecular flexibility index (Phi) is 4.21. The lowest BCUT2D eigenvalue weighted by molar-refractivity contribution is -0.383. The van der Waals surface area contributed by atoms with E-state index in [-0.39, 0.29) is 16.3 Å². The van der Waals surface area contributed by atoms with Gasteiger partial charge in [-0.1, -0.05) is 0 Å². The Hall–Kier alpha value is -2.04. The molecule has 2 rings (SSSR count). The van der Waals surface area contributed by atoms with Crippen LogP contribution in [0.3, 0.4) is 0 Å². The van der Waals surface area contributed by atoms with Crippen LogP contribution in [0.15, 0.2) is 34.7 Å². The third-order valence-corrected chi connectivity index (χ3v) is 5.16. The van der Waals surface area contributed by atoms with Crippen LogP contribution in [0.2, 0.25) is 0 Å². The minimum absolute atomic E-state index is 0.131. The molecule has 0 aliphatic heterocycles. The lowest BCUT2D eigenvalue weighted by Crippen LogP contribution is -2.26. The van der Waals surface area contributed by atoms with E-state index in [2.05, 4.69) is 9.71 Å². The largest absolute Gasteiger partial charge is 0.393 e. The van der Waals surface area contributed by atoms with E-state index in [1.807, 2.05) is 0 Å². The Bertz CT molecular complexity index is 759. The Labute approximate surface area is 124 Å². The highest BCUT2D eigenvalue weighted by molar-refractivity contribution is 7.89. The summed E-state index contributed by atoms with van der Waals surface area (Å²) in [5, 5.41) is 13.0. The first-order valence-electron chi connectivity index (χ1n) is 5.77. The number of nitrogens with one attached hydrogen (secondary N) is 1. The summed E-state index contributed by atoms with van der Waals surface area (Å²) >= 11 is 1.32. The minimum Gasteiger partial charge on any atom is -0.393 e. The number of rotatable bonds is 5. The molecule has 0 bridgehead atoms. The highest BCUT2D eigenvalue weighted by Gasteiger charge is 2.22. The van der Waals surface area contributed by atoms with Gasteiger partial charge >= 0.3 is 0 Å². The van der Waals surface area contributed by atoms with E-state index in [4.69, 9.17) is 5.73 Å². The molecule has 8 nitrogen and oxygen atoms in total. The summed E-state index contributed by atoms with van der Waals surface area (Å²) in [6, 6.07) is 2.77. The highest BCUT2D eigenvalue weighted by atomic mass is 32.2. The second-order valence-corrected chi connectivity index (χ2v) is 6.83. The maximum atomic E-state index is 12.2. The summed E-state index contributed by atoms with van der Waals surface area (Å²) in [6.45, 7) is 1.66. The van der Waals surface area contributed by atoms with Gasteiger partial charge in [-0.15, -0.1) is 11.3 Å². The number of hydrogen-bond donors (Lipinski definition) is 2. The van der Waals surface area contributed by atoms with Crippen molar-refractivity contribution in [3.63, 3.8) is 0 Å². The van der Waals surface area contributed by atoms with Crippen LogP contribution in [0.5, 0.6) is 0 Å². The van der Waals surface area contributed by atoms with Crippen LogP contribution in [0.25, 0.3) is 0 Å². The molecule has 0 radical (unpaired) electrons.